The molecule has 0 aliphatic carbocycles. The molecule has 1 atom stereocenters. The van der Waals surface area contributed by atoms with E-state index in [0.29, 0.717) is 12.1 Å². The summed E-state index contributed by atoms with van der Waals surface area (Å²) in [5.41, 5.74) is -6.00. The number of fused-ring (bicyclic) bond motifs is 1. The van der Waals surface area contributed by atoms with E-state index in [9.17, 15) is 44.7 Å². The fourth-order valence-corrected chi connectivity index (χ4v) is 6.21. The minimum absolute atomic E-state index is 0.0503. The van der Waals surface area contributed by atoms with Gasteiger partial charge in [0.25, 0.3) is 21.5 Å². The van der Waals surface area contributed by atoms with Gasteiger partial charge in [0, 0.05) is 24.5 Å². The van der Waals surface area contributed by atoms with Crippen LogP contribution in [0.5, 0.6) is 0 Å². The van der Waals surface area contributed by atoms with Gasteiger partial charge in [-0.3, -0.25) is 14.1 Å². The van der Waals surface area contributed by atoms with Crippen molar-refractivity contribution in [1.82, 2.24) is 10.3 Å². The number of amides is 1. The predicted octanol–water partition coefficient (Wildman–Crippen LogP) is 4.64. The van der Waals surface area contributed by atoms with E-state index in [0.717, 1.165) is 15.9 Å². The van der Waals surface area contributed by atoms with Gasteiger partial charge >= 0.3 is 12.4 Å². The van der Waals surface area contributed by atoms with Crippen LogP contribution in [0.4, 0.5) is 32.0 Å². The summed E-state index contributed by atoms with van der Waals surface area (Å²) in [6.45, 7) is 1.52. The first-order chi connectivity index (χ1) is 18.6. The van der Waals surface area contributed by atoms with E-state index in [1.807, 2.05) is 0 Å². The Labute approximate surface area is 225 Å². The van der Waals surface area contributed by atoms with Crippen molar-refractivity contribution in [2.75, 3.05) is 10.8 Å². The molecule has 1 aromatic heterocycles. The van der Waals surface area contributed by atoms with Crippen molar-refractivity contribution in [3.63, 3.8) is 0 Å². The maximum Gasteiger partial charge on any atom is 0.430 e. The van der Waals surface area contributed by atoms with Gasteiger partial charge in [-0.05, 0) is 55.7 Å². The lowest BCUT2D eigenvalue weighted by Crippen LogP contribution is -2.54. The number of carbonyl (C=O) groups excluding carboxylic acids is 1. The predicted molar refractivity (Wildman–Crippen MR) is 132 cm³/mol. The molecule has 4 rings (SSSR count). The number of rotatable bonds is 6. The van der Waals surface area contributed by atoms with Gasteiger partial charge in [-0.25, -0.2) is 8.42 Å². The second kappa shape index (κ2) is 10.4. The topological polar surface area (TPSA) is 99.6 Å². The minimum atomic E-state index is -6.10. The van der Waals surface area contributed by atoms with Gasteiger partial charge in [0.2, 0.25) is 0 Å². The Morgan fingerprint density at radius 3 is 2.27 bits per heavy atom. The molecule has 14 heteroatoms. The number of pyridine rings is 1. The third kappa shape index (κ3) is 5.24. The van der Waals surface area contributed by atoms with Crippen molar-refractivity contribution < 1.29 is 44.7 Å². The second-order valence-electron chi connectivity index (χ2n) is 9.31. The number of aryl methyl sites for hydroxylation is 2. The summed E-state index contributed by atoms with van der Waals surface area (Å²) in [5, 5.41) is 12.5. The largest absolute Gasteiger partial charge is 0.430 e. The molecule has 2 heterocycles. The Morgan fingerprint density at radius 1 is 1.05 bits per heavy atom. The van der Waals surface area contributed by atoms with Crippen molar-refractivity contribution >= 4 is 21.6 Å². The molecule has 0 unspecified atom stereocenters. The number of alkyl halides is 6. The molecule has 3 aromatic rings. The van der Waals surface area contributed by atoms with Crippen LogP contribution in [-0.4, -0.2) is 49.4 Å². The van der Waals surface area contributed by atoms with Crippen LogP contribution in [0.15, 0.2) is 71.9 Å². The summed E-state index contributed by atoms with van der Waals surface area (Å²) in [7, 11) is -4.40. The highest BCUT2D eigenvalue weighted by molar-refractivity contribution is 7.92. The number of nitrogens with one attached hydrogen (secondary N) is 1. The van der Waals surface area contributed by atoms with E-state index in [1.54, 1.807) is 6.92 Å². The molecule has 1 amide bonds. The standard InChI is InChI=1S/C26H23F6N3O4S/c1-16-4-9-21(10-5-16)40(38,39)35-20(15-34-23(36)18-3-2-12-33-14-18)8-6-17-13-19(7-11-22(17)35)24(37,25(27,28)29)26(30,31)32/h2-5,7,9-14,20,37H,6,8,15H2,1H3,(H,34,36)/t20-/m0/s1. The number of carbonyl (C=O) groups is 1. The molecule has 0 fully saturated rings. The lowest BCUT2D eigenvalue weighted by molar-refractivity contribution is -0.376. The van der Waals surface area contributed by atoms with Crippen molar-refractivity contribution in [2.45, 2.75) is 48.7 Å². The maximum atomic E-state index is 13.8. The third-order valence-corrected chi connectivity index (χ3v) is 8.51. The molecule has 0 spiro atoms. The smallest absolute Gasteiger partial charge is 0.369 e. The Morgan fingerprint density at radius 2 is 1.70 bits per heavy atom. The van der Waals surface area contributed by atoms with Gasteiger partial charge in [0.1, 0.15) is 0 Å². The quantitative estimate of drug-likeness (QED) is 0.410. The molecule has 2 aromatic carbocycles. The molecule has 1 aliphatic heterocycles. The van der Waals surface area contributed by atoms with E-state index in [4.69, 9.17) is 0 Å². The van der Waals surface area contributed by atoms with Crippen LogP contribution in [-0.2, 0) is 22.0 Å². The van der Waals surface area contributed by atoms with Crippen molar-refractivity contribution in [1.29, 1.82) is 0 Å². The van der Waals surface area contributed by atoms with E-state index >= 15 is 0 Å². The first kappa shape index (κ1) is 29.3. The van der Waals surface area contributed by atoms with E-state index < -0.39 is 45.5 Å². The van der Waals surface area contributed by atoms with Crippen LogP contribution in [0.25, 0.3) is 0 Å². The van der Waals surface area contributed by atoms with Crippen LogP contribution in [0.3, 0.4) is 0 Å². The number of halogens is 6. The van der Waals surface area contributed by atoms with Crippen LogP contribution in [0.1, 0.15) is 33.5 Å². The molecule has 214 valence electrons. The van der Waals surface area contributed by atoms with E-state index in [2.05, 4.69) is 10.3 Å². The SMILES string of the molecule is Cc1ccc(S(=O)(=O)N2c3ccc(C(O)(C(F)(F)F)C(F)(F)F)cc3CC[C@H]2CNC(=O)c2cccnc2)cc1. The van der Waals surface area contributed by atoms with Crippen LogP contribution >= 0.6 is 0 Å². The molecule has 2 N–H and O–H groups in total. The van der Waals surface area contributed by atoms with Gasteiger partial charge in [-0.1, -0.05) is 29.8 Å². The summed E-state index contributed by atoms with van der Waals surface area (Å²) in [6.07, 6.45) is -9.61. The highest BCUT2D eigenvalue weighted by Crippen LogP contribution is 2.51. The molecule has 0 radical (unpaired) electrons. The molecular formula is C26H23F6N3O4S. The molecule has 0 bridgehead atoms. The summed E-state index contributed by atoms with van der Waals surface area (Å²) in [4.78, 5) is 16.3. The highest BCUT2D eigenvalue weighted by atomic mass is 32.2. The fraction of sp³-hybridized carbons (Fsp3) is 0.308. The van der Waals surface area contributed by atoms with Gasteiger partial charge in [0.05, 0.1) is 22.2 Å². The Balaban J connectivity index is 1.78. The Kier molecular flexibility index (Phi) is 7.62. The lowest BCUT2D eigenvalue weighted by atomic mass is 9.88. The third-order valence-electron chi connectivity index (χ3n) is 6.63. The lowest BCUT2D eigenvalue weighted by Gasteiger charge is -2.39. The number of benzene rings is 2. The maximum absolute atomic E-state index is 13.8. The summed E-state index contributed by atoms with van der Waals surface area (Å²) >= 11 is 0. The first-order valence-corrected chi connectivity index (χ1v) is 13.3. The van der Waals surface area contributed by atoms with Crippen molar-refractivity contribution in [3.05, 3.63) is 89.2 Å². The fourth-order valence-electron chi connectivity index (χ4n) is 4.49. The molecule has 40 heavy (non-hydrogen) atoms. The van der Waals surface area contributed by atoms with Crippen molar-refractivity contribution in [2.24, 2.45) is 0 Å². The summed E-state index contributed by atoms with van der Waals surface area (Å²) < 4.78 is 109. The second-order valence-corrected chi connectivity index (χ2v) is 11.1. The summed E-state index contributed by atoms with van der Waals surface area (Å²) in [6, 6.07) is 9.55. The minimum Gasteiger partial charge on any atom is -0.369 e. The van der Waals surface area contributed by atoms with Gasteiger partial charge in [-0.2, -0.15) is 26.3 Å². The Hall–Kier alpha value is -3.65. The average molecular weight is 588 g/mol. The van der Waals surface area contributed by atoms with Gasteiger partial charge < -0.3 is 10.4 Å². The van der Waals surface area contributed by atoms with E-state index in [-0.39, 0.29) is 41.1 Å². The average Bonchev–Trinajstić information content (AvgIpc) is 2.89. The van der Waals surface area contributed by atoms with Crippen molar-refractivity contribution in [3.8, 4) is 0 Å². The molecule has 0 saturated heterocycles. The normalized spacial score (nSPS) is 16.4. The van der Waals surface area contributed by atoms with Crippen LogP contribution in [0, 0.1) is 6.92 Å². The summed E-state index contributed by atoms with van der Waals surface area (Å²) in [5.74, 6) is -0.553. The number of anilines is 1. The first-order valence-electron chi connectivity index (χ1n) is 11.9. The molecular weight excluding hydrogens is 564 g/mol. The number of aliphatic hydroxyl groups is 1. The van der Waals surface area contributed by atoms with Gasteiger partial charge in [0.15, 0.2) is 0 Å². The molecule has 0 saturated carbocycles. The monoisotopic (exact) mass is 587 g/mol. The van der Waals surface area contributed by atoms with Crippen LogP contribution < -0.4 is 9.62 Å². The molecule has 1 aliphatic rings. The van der Waals surface area contributed by atoms with E-state index in [1.165, 1.54) is 48.8 Å². The van der Waals surface area contributed by atoms with Crippen LogP contribution in [0.2, 0.25) is 0 Å². The number of aromatic nitrogens is 1. The number of hydrogen-bond donors (Lipinski definition) is 2. The number of sulfonamides is 1. The zero-order chi connectivity index (χ0) is 29.5. The Bertz CT molecular complexity index is 1480. The zero-order valence-electron chi connectivity index (χ0n) is 20.8. The molecule has 7 nitrogen and oxygen atoms in total. The number of nitrogens with zero attached hydrogens (tertiary/aromatic N) is 2. The highest BCUT2D eigenvalue weighted by Gasteiger charge is 2.71. The van der Waals surface area contributed by atoms with Gasteiger partial charge in [-0.15, -0.1) is 0 Å². The number of hydrogen-bond acceptors (Lipinski definition) is 5. The zero-order valence-corrected chi connectivity index (χ0v) is 21.6.